The summed E-state index contributed by atoms with van der Waals surface area (Å²) in [5, 5.41) is 3.01. The highest BCUT2D eigenvalue weighted by molar-refractivity contribution is 6.06. The first-order valence-electron chi connectivity index (χ1n) is 9.82. The summed E-state index contributed by atoms with van der Waals surface area (Å²) in [4.78, 5) is 17.4. The summed E-state index contributed by atoms with van der Waals surface area (Å²) in [7, 11) is 0. The zero-order valence-electron chi connectivity index (χ0n) is 16.3. The lowest BCUT2D eigenvalue weighted by Crippen LogP contribution is -2.12. The molecule has 0 saturated heterocycles. The van der Waals surface area contributed by atoms with E-state index in [4.69, 9.17) is 4.74 Å². The molecule has 0 radical (unpaired) electrons. The van der Waals surface area contributed by atoms with Crippen molar-refractivity contribution in [2.45, 2.75) is 19.8 Å². The quantitative estimate of drug-likeness (QED) is 0.431. The Kier molecular flexibility index (Phi) is 5.56. The number of carbonyl (C=O) groups excluding carboxylic acids is 1. The molecule has 0 atom stereocenters. The molecule has 4 aromatic rings. The smallest absolute Gasteiger partial charge is 0.255 e. The largest absolute Gasteiger partial charge is 0.494 e. The number of pyridine rings is 1. The Hall–Kier alpha value is -3.60. The number of hydrogen-bond acceptors (Lipinski definition) is 3. The summed E-state index contributed by atoms with van der Waals surface area (Å²) in [6.45, 7) is 2.81. The number of anilines is 1. The molecule has 0 bridgehead atoms. The van der Waals surface area contributed by atoms with Crippen LogP contribution in [-0.4, -0.2) is 21.9 Å². The third-order valence-corrected chi connectivity index (χ3v) is 4.70. The van der Waals surface area contributed by atoms with E-state index in [1.54, 1.807) is 12.1 Å². The van der Waals surface area contributed by atoms with E-state index in [-0.39, 0.29) is 5.91 Å². The average molecular weight is 385 g/mol. The molecular weight excluding hydrogens is 362 g/mol. The van der Waals surface area contributed by atoms with Crippen LogP contribution in [0.2, 0.25) is 0 Å². The first-order valence-corrected chi connectivity index (χ1v) is 9.82. The molecule has 0 unspecified atom stereocenters. The van der Waals surface area contributed by atoms with Crippen LogP contribution in [0.1, 0.15) is 30.1 Å². The number of amides is 1. The number of benzene rings is 2. The topological polar surface area (TPSA) is 55.6 Å². The number of rotatable bonds is 7. The summed E-state index contributed by atoms with van der Waals surface area (Å²) in [6.07, 6.45) is 6.02. The van der Waals surface area contributed by atoms with Crippen molar-refractivity contribution in [2.24, 2.45) is 0 Å². The fraction of sp³-hybridized carbons (Fsp3) is 0.167. The summed E-state index contributed by atoms with van der Waals surface area (Å²) < 4.78 is 7.63. The summed E-state index contributed by atoms with van der Waals surface area (Å²) in [5.74, 6) is 0.612. The van der Waals surface area contributed by atoms with Crippen molar-refractivity contribution in [1.82, 2.24) is 9.38 Å². The van der Waals surface area contributed by atoms with Crippen LogP contribution < -0.4 is 10.1 Å². The summed E-state index contributed by atoms with van der Waals surface area (Å²) in [5.41, 5.74) is 3.86. The van der Waals surface area contributed by atoms with E-state index in [2.05, 4.69) is 17.2 Å². The van der Waals surface area contributed by atoms with Gasteiger partial charge in [-0.3, -0.25) is 4.79 Å². The Morgan fingerprint density at radius 2 is 1.83 bits per heavy atom. The maximum absolute atomic E-state index is 12.8. The van der Waals surface area contributed by atoms with Gasteiger partial charge in [-0.25, -0.2) is 4.98 Å². The molecular formula is C24H23N3O2. The molecule has 29 heavy (non-hydrogen) atoms. The molecule has 0 spiro atoms. The minimum atomic E-state index is -0.165. The molecule has 1 N–H and O–H groups in total. The van der Waals surface area contributed by atoms with E-state index < -0.39 is 0 Å². The predicted octanol–water partition coefficient (Wildman–Crippen LogP) is 5.43. The number of hydrogen-bond donors (Lipinski definition) is 1. The fourth-order valence-electron chi connectivity index (χ4n) is 3.11. The first-order chi connectivity index (χ1) is 14.2. The second-order valence-electron chi connectivity index (χ2n) is 6.82. The van der Waals surface area contributed by atoms with Crippen molar-refractivity contribution >= 4 is 17.2 Å². The molecule has 2 heterocycles. The molecule has 5 nitrogen and oxygen atoms in total. The van der Waals surface area contributed by atoms with Crippen molar-refractivity contribution in [3.8, 4) is 17.0 Å². The second-order valence-corrected chi connectivity index (χ2v) is 6.82. The normalized spacial score (nSPS) is 10.8. The SMILES string of the molecule is CCCCOc1ccc(C(=O)Nc2ccccc2-c2cn3ccccc3n2)cc1. The molecule has 2 aromatic heterocycles. The Bertz CT molecular complexity index is 1080. The maximum Gasteiger partial charge on any atom is 0.255 e. The molecule has 0 fully saturated rings. The third-order valence-electron chi connectivity index (χ3n) is 4.70. The van der Waals surface area contributed by atoms with Gasteiger partial charge >= 0.3 is 0 Å². The maximum atomic E-state index is 12.8. The van der Waals surface area contributed by atoms with Crippen LogP contribution in [-0.2, 0) is 0 Å². The number of nitrogens with one attached hydrogen (secondary N) is 1. The van der Waals surface area contributed by atoms with Crippen LogP contribution in [0.5, 0.6) is 5.75 Å². The number of imidazole rings is 1. The zero-order chi connectivity index (χ0) is 20.1. The lowest BCUT2D eigenvalue weighted by Gasteiger charge is -2.10. The van der Waals surface area contributed by atoms with Gasteiger partial charge in [-0.1, -0.05) is 37.6 Å². The van der Waals surface area contributed by atoms with Gasteiger partial charge in [0.2, 0.25) is 0 Å². The van der Waals surface area contributed by atoms with Crippen molar-refractivity contribution in [3.63, 3.8) is 0 Å². The predicted molar refractivity (Wildman–Crippen MR) is 115 cm³/mol. The minimum Gasteiger partial charge on any atom is -0.494 e. The van der Waals surface area contributed by atoms with Gasteiger partial charge in [-0.15, -0.1) is 0 Å². The number of para-hydroxylation sites is 1. The molecule has 0 aliphatic rings. The number of unbranched alkanes of at least 4 members (excludes halogenated alkanes) is 1. The van der Waals surface area contributed by atoms with Gasteiger partial charge in [0.15, 0.2) is 0 Å². The monoisotopic (exact) mass is 385 g/mol. The summed E-state index contributed by atoms with van der Waals surface area (Å²) in [6, 6.07) is 20.8. The highest BCUT2D eigenvalue weighted by Gasteiger charge is 2.12. The molecule has 146 valence electrons. The number of carbonyl (C=O) groups is 1. The molecule has 0 aliphatic heterocycles. The van der Waals surface area contributed by atoms with Crippen LogP contribution in [0, 0.1) is 0 Å². The van der Waals surface area contributed by atoms with Gasteiger partial charge < -0.3 is 14.5 Å². The van der Waals surface area contributed by atoms with E-state index in [9.17, 15) is 4.79 Å². The number of aromatic nitrogens is 2. The van der Waals surface area contributed by atoms with Gasteiger partial charge in [-0.2, -0.15) is 0 Å². The van der Waals surface area contributed by atoms with E-state index in [1.165, 1.54) is 0 Å². The average Bonchev–Trinajstić information content (AvgIpc) is 3.19. The lowest BCUT2D eigenvalue weighted by atomic mass is 10.1. The van der Waals surface area contributed by atoms with Gasteiger partial charge in [0.1, 0.15) is 11.4 Å². The molecule has 1 amide bonds. The van der Waals surface area contributed by atoms with Crippen LogP contribution >= 0.6 is 0 Å². The second kappa shape index (κ2) is 8.61. The Labute approximate surface area is 170 Å². The van der Waals surface area contributed by atoms with Crippen molar-refractivity contribution in [1.29, 1.82) is 0 Å². The number of fused-ring (bicyclic) bond motifs is 1. The highest BCUT2D eigenvalue weighted by atomic mass is 16.5. The third kappa shape index (κ3) is 4.29. The highest BCUT2D eigenvalue weighted by Crippen LogP contribution is 2.28. The lowest BCUT2D eigenvalue weighted by molar-refractivity contribution is 0.102. The van der Waals surface area contributed by atoms with Crippen molar-refractivity contribution < 1.29 is 9.53 Å². The first kappa shape index (κ1) is 18.7. The molecule has 0 aliphatic carbocycles. The van der Waals surface area contributed by atoms with E-state index in [0.29, 0.717) is 12.2 Å². The minimum absolute atomic E-state index is 0.165. The summed E-state index contributed by atoms with van der Waals surface area (Å²) >= 11 is 0. The van der Waals surface area contributed by atoms with Crippen LogP contribution in [0.25, 0.3) is 16.9 Å². The molecule has 0 saturated carbocycles. The van der Waals surface area contributed by atoms with E-state index >= 15 is 0 Å². The van der Waals surface area contributed by atoms with Gasteiger partial charge in [0.05, 0.1) is 18.0 Å². The van der Waals surface area contributed by atoms with E-state index in [1.807, 2.05) is 71.4 Å². The van der Waals surface area contributed by atoms with Crippen LogP contribution in [0.3, 0.4) is 0 Å². The Balaban J connectivity index is 1.53. The van der Waals surface area contributed by atoms with Crippen LogP contribution in [0.4, 0.5) is 5.69 Å². The Morgan fingerprint density at radius 3 is 2.62 bits per heavy atom. The van der Waals surface area contributed by atoms with Crippen molar-refractivity contribution in [3.05, 3.63) is 84.7 Å². The van der Waals surface area contributed by atoms with Gasteiger partial charge in [0.25, 0.3) is 5.91 Å². The standard InChI is InChI=1S/C24H23N3O2/c1-2-3-16-29-19-13-11-18(12-14-19)24(28)26-21-9-5-4-8-20(21)22-17-27-15-7-6-10-23(27)25-22/h4-15,17H,2-3,16H2,1H3,(H,26,28). The number of nitrogens with zero attached hydrogens (tertiary/aromatic N) is 2. The fourth-order valence-corrected chi connectivity index (χ4v) is 3.11. The Morgan fingerprint density at radius 1 is 1.03 bits per heavy atom. The van der Waals surface area contributed by atoms with Crippen molar-refractivity contribution in [2.75, 3.05) is 11.9 Å². The van der Waals surface area contributed by atoms with E-state index in [0.717, 1.165) is 41.2 Å². The molecule has 5 heteroatoms. The zero-order valence-corrected chi connectivity index (χ0v) is 16.3. The molecule has 2 aromatic carbocycles. The molecule has 4 rings (SSSR count). The van der Waals surface area contributed by atoms with Gasteiger partial charge in [-0.05, 0) is 48.9 Å². The number of ether oxygens (including phenoxy) is 1. The van der Waals surface area contributed by atoms with Crippen LogP contribution in [0.15, 0.2) is 79.1 Å². The van der Waals surface area contributed by atoms with Gasteiger partial charge in [0, 0.05) is 23.5 Å².